The van der Waals surface area contributed by atoms with Gasteiger partial charge in [0.1, 0.15) is 0 Å². The number of fused-ring (bicyclic) bond motifs is 3. The van der Waals surface area contributed by atoms with Gasteiger partial charge in [0.05, 0.1) is 5.39 Å². The Balaban J connectivity index is 2.20. The van der Waals surface area contributed by atoms with E-state index in [9.17, 15) is 4.79 Å². The second kappa shape index (κ2) is 4.81. The highest BCUT2D eigenvalue weighted by Crippen LogP contribution is 2.28. The number of benzene rings is 2. The minimum Gasteiger partial charge on any atom is -0.371 e. The Morgan fingerprint density at radius 1 is 0.864 bits per heavy atom. The van der Waals surface area contributed by atoms with Gasteiger partial charge in [0.2, 0.25) is 5.52 Å². The molecule has 2 aromatic carbocycles. The van der Waals surface area contributed by atoms with Crippen molar-refractivity contribution in [3.05, 3.63) is 83.0 Å². The van der Waals surface area contributed by atoms with Crippen LogP contribution in [0, 0.1) is 6.92 Å². The molecule has 3 nitrogen and oxygen atoms in total. The van der Waals surface area contributed by atoms with Crippen LogP contribution in [0.4, 0.5) is 0 Å². The van der Waals surface area contributed by atoms with Crippen LogP contribution in [0.15, 0.2) is 75.9 Å². The minimum atomic E-state index is -0.357. The molecule has 0 amide bonds. The van der Waals surface area contributed by atoms with Gasteiger partial charge in [-0.15, -0.1) is 0 Å². The predicted molar refractivity (Wildman–Crippen MR) is 85.8 cm³/mol. The summed E-state index contributed by atoms with van der Waals surface area (Å²) >= 11 is 0. The summed E-state index contributed by atoms with van der Waals surface area (Å²) in [6.45, 7) is 1.90. The third-order valence-electron chi connectivity index (χ3n) is 3.93. The van der Waals surface area contributed by atoms with Crippen molar-refractivity contribution in [2.75, 3.05) is 0 Å². The van der Waals surface area contributed by atoms with Gasteiger partial charge in [0, 0.05) is 24.6 Å². The fraction of sp³-hybridized carbons (Fsp3) is 0.0526. The van der Waals surface area contributed by atoms with Crippen molar-refractivity contribution in [3.8, 4) is 11.1 Å². The Hall–Kier alpha value is -2.94. The number of pyridine rings is 1. The highest BCUT2D eigenvalue weighted by Gasteiger charge is 2.19. The number of nitrogens with zero attached hydrogens (tertiary/aromatic N) is 1. The zero-order chi connectivity index (χ0) is 15.1. The van der Waals surface area contributed by atoms with Gasteiger partial charge in [-0.3, -0.25) is 0 Å². The average molecular weight is 288 g/mol. The van der Waals surface area contributed by atoms with Gasteiger partial charge in [-0.2, -0.15) is 4.79 Å². The Morgan fingerprint density at radius 2 is 1.64 bits per heavy atom. The molecule has 0 saturated carbocycles. The van der Waals surface area contributed by atoms with E-state index >= 15 is 0 Å². The van der Waals surface area contributed by atoms with E-state index in [2.05, 4.69) is 0 Å². The van der Waals surface area contributed by atoms with Crippen LogP contribution in [0.5, 0.6) is 0 Å². The summed E-state index contributed by atoms with van der Waals surface area (Å²) in [5.41, 5.74) is 4.32. The van der Waals surface area contributed by atoms with E-state index in [1.165, 1.54) is 0 Å². The van der Waals surface area contributed by atoms with Crippen LogP contribution in [-0.4, -0.2) is 0 Å². The maximum absolute atomic E-state index is 12.4. The summed E-state index contributed by atoms with van der Waals surface area (Å²) in [6, 6.07) is 21.7. The van der Waals surface area contributed by atoms with Crippen LogP contribution in [0.1, 0.15) is 5.69 Å². The van der Waals surface area contributed by atoms with Gasteiger partial charge < -0.3 is 4.42 Å². The molecule has 0 atom stereocenters. The molecular formula is C19H14NO2+. The number of rotatable bonds is 1. The number of para-hydroxylation sites is 1. The smallest absolute Gasteiger partial charge is 0.371 e. The largest absolute Gasteiger partial charge is 0.608 e. The van der Waals surface area contributed by atoms with Crippen LogP contribution in [0.3, 0.4) is 0 Å². The van der Waals surface area contributed by atoms with Gasteiger partial charge in [0.15, 0.2) is 11.3 Å². The summed E-state index contributed by atoms with van der Waals surface area (Å²) in [5.74, 6) is -0.357. The number of aryl methyl sites for hydroxylation is 1. The van der Waals surface area contributed by atoms with Crippen molar-refractivity contribution in [2.24, 2.45) is 0 Å². The highest BCUT2D eigenvalue weighted by atomic mass is 16.4. The second-order valence-corrected chi connectivity index (χ2v) is 5.30. The molecule has 4 aromatic rings. The zero-order valence-corrected chi connectivity index (χ0v) is 12.1. The average Bonchev–Trinajstić information content (AvgIpc) is 2.55. The molecular weight excluding hydrogens is 274 g/mol. The summed E-state index contributed by atoms with van der Waals surface area (Å²) in [7, 11) is 0. The molecule has 2 aromatic heterocycles. The Morgan fingerprint density at radius 3 is 2.45 bits per heavy atom. The summed E-state index contributed by atoms with van der Waals surface area (Å²) in [6.07, 6.45) is 0. The molecule has 0 N–H and O–H groups in total. The van der Waals surface area contributed by atoms with Gasteiger partial charge in [-0.05, 0) is 17.7 Å². The maximum Gasteiger partial charge on any atom is 0.608 e. The topological polar surface area (TPSA) is 34.3 Å². The minimum absolute atomic E-state index is 0.357. The van der Waals surface area contributed by atoms with Gasteiger partial charge in [0.25, 0.3) is 0 Å². The molecule has 0 spiro atoms. The molecule has 4 rings (SSSR count). The summed E-state index contributed by atoms with van der Waals surface area (Å²) in [5, 5.41) is 0.935. The Bertz CT molecular complexity index is 1050. The van der Waals surface area contributed by atoms with E-state index in [0.717, 1.165) is 27.7 Å². The Labute approximate surface area is 127 Å². The van der Waals surface area contributed by atoms with Crippen LogP contribution < -0.4 is 10.2 Å². The lowest BCUT2D eigenvalue weighted by Crippen LogP contribution is -2.42. The van der Waals surface area contributed by atoms with Crippen LogP contribution in [0.2, 0.25) is 0 Å². The van der Waals surface area contributed by atoms with Gasteiger partial charge >= 0.3 is 5.76 Å². The number of hydrogen-bond donors (Lipinski definition) is 0. The predicted octanol–water partition coefficient (Wildman–Crippen LogP) is 3.51. The van der Waals surface area contributed by atoms with Gasteiger partial charge in [-0.25, -0.2) is 0 Å². The Kier molecular flexibility index (Phi) is 2.79. The van der Waals surface area contributed by atoms with Crippen molar-refractivity contribution in [3.63, 3.8) is 0 Å². The molecule has 106 valence electrons. The molecule has 0 aliphatic heterocycles. The summed E-state index contributed by atoms with van der Waals surface area (Å²) < 4.78 is 7.26. The summed E-state index contributed by atoms with van der Waals surface area (Å²) in [4.78, 5) is 12.4. The van der Waals surface area contributed by atoms with Gasteiger partial charge in [-0.1, -0.05) is 46.9 Å². The normalized spacial score (nSPS) is 11.1. The molecule has 0 aliphatic carbocycles. The molecule has 0 unspecified atom stereocenters. The third-order valence-corrected chi connectivity index (χ3v) is 3.93. The molecule has 3 heteroatoms. The lowest BCUT2D eigenvalue weighted by Gasteiger charge is -2.05. The quantitative estimate of drug-likeness (QED) is 0.397. The third kappa shape index (κ3) is 1.83. The van der Waals surface area contributed by atoms with Crippen LogP contribution in [0.25, 0.3) is 27.6 Å². The SMILES string of the molecule is Cc1cccc2c3cccc(-c4ccccc4)c3oc(=O)[n+]12. The standard InChI is InChI=1S/C19H14NO2/c1-13-7-5-12-17-16-11-6-10-15(14-8-3-2-4-9-14)18(16)22-19(21)20(13)17/h2-12H,1H3/q+1. The molecule has 0 saturated heterocycles. The highest BCUT2D eigenvalue weighted by molar-refractivity contribution is 5.98. The molecule has 22 heavy (non-hydrogen) atoms. The van der Waals surface area contributed by atoms with Crippen LogP contribution in [-0.2, 0) is 0 Å². The number of aromatic nitrogens is 1. The second-order valence-electron chi connectivity index (χ2n) is 5.30. The lowest BCUT2D eigenvalue weighted by atomic mass is 10.0. The van der Waals surface area contributed by atoms with E-state index < -0.39 is 0 Å². The van der Waals surface area contributed by atoms with Crippen LogP contribution >= 0.6 is 0 Å². The van der Waals surface area contributed by atoms with E-state index in [1.54, 1.807) is 4.40 Å². The van der Waals surface area contributed by atoms with E-state index in [4.69, 9.17) is 4.42 Å². The molecule has 0 aliphatic rings. The number of hydrogen-bond acceptors (Lipinski definition) is 2. The van der Waals surface area contributed by atoms with Crippen molar-refractivity contribution < 1.29 is 8.82 Å². The van der Waals surface area contributed by atoms with Crippen molar-refractivity contribution >= 4 is 16.5 Å². The molecule has 0 fully saturated rings. The van der Waals surface area contributed by atoms with E-state index in [1.807, 2.05) is 73.7 Å². The molecule has 0 bridgehead atoms. The monoisotopic (exact) mass is 288 g/mol. The van der Waals surface area contributed by atoms with Crippen molar-refractivity contribution in [1.82, 2.24) is 0 Å². The van der Waals surface area contributed by atoms with E-state index in [-0.39, 0.29) is 5.76 Å². The maximum atomic E-state index is 12.4. The van der Waals surface area contributed by atoms with Crippen molar-refractivity contribution in [2.45, 2.75) is 6.92 Å². The first kappa shape index (κ1) is 12.8. The molecule has 0 radical (unpaired) electrons. The first-order valence-corrected chi connectivity index (χ1v) is 7.18. The fourth-order valence-corrected chi connectivity index (χ4v) is 2.90. The zero-order valence-electron chi connectivity index (χ0n) is 12.1. The first-order valence-electron chi connectivity index (χ1n) is 7.18. The lowest BCUT2D eigenvalue weighted by molar-refractivity contribution is -0.550. The van der Waals surface area contributed by atoms with Crippen molar-refractivity contribution in [1.29, 1.82) is 0 Å². The molecule has 2 heterocycles. The first-order chi connectivity index (χ1) is 10.8. The van der Waals surface area contributed by atoms with E-state index in [0.29, 0.717) is 5.58 Å². The fourth-order valence-electron chi connectivity index (χ4n) is 2.90.